The molecule has 8 nitrogen and oxygen atoms in total. The number of carboxylic acid groups (broad SMARTS) is 1. The average Bonchev–Trinajstić information content (AvgIpc) is 3.02. The Morgan fingerprint density at radius 3 is 2.10 bits per heavy atom. The Labute approximate surface area is 167 Å². The van der Waals surface area contributed by atoms with Gasteiger partial charge in [0.25, 0.3) is 0 Å². The summed E-state index contributed by atoms with van der Waals surface area (Å²) in [7, 11) is 0. The minimum absolute atomic E-state index is 0.0587. The number of nitrogens with one attached hydrogen (secondary N) is 2. The number of hydrogen-bond acceptors (Lipinski definition) is 5. The Kier molecular flexibility index (Phi) is 6.13. The van der Waals surface area contributed by atoms with Crippen molar-refractivity contribution in [3.05, 3.63) is 59.7 Å². The highest BCUT2D eigenvalue weighted by atomic mass is 16.5. The van der Waals surface area contributed by atoms with Gasteiger partial charge in [0.15, 0.2) is 0 Å². The number of ether oxygens (including phenoxy) is 1. The molecule has 1 aliphatic carbocycles. The molecule has 0 saturated heterocycles. The van der Waals surface area contributed by atoms with Crippen molar-refractivity contribution >= 4 is 18.0 Å². The third-order valence-corrected chi connectivity index (χ3v) is 4.80. The van der Waals surface area contributed by atoms with Crippen LogP contribution < -0.4 is 10.6 Å². The summed E-state index contributed by atoms with van der Waals surface area (Å²) in [5.74, 6) is -2.18. The van der Waals surface area contributed by atoms with E-state index in [0.29, 0.717) is 0 Å². The predicted octanol–water partition coefficient (Wildman–Crippen LogP) is 1.48. The number of aliphatic hydroxyl groups is 1. The zero-order valence-electron chi connectivity index (χ0n) is 15.8. The molecule has 29 heavy (non-hydrogen) atoms. The zero-order chi connectivity index (χ0) is 21.0. The summed E-state index contributed by atoms with van der Waals surface area (Å²) < 4.78 is 5.34. The normalized spacial score (nSPS) is 14.3. The third kappa shape index (κ3) is 4.55. The SMILES string of the molecule is C[C@@H](O)[C@H](NC(=O)OCC1c2ccccc2-c2ccccc21)C(=O)NCC(=O)O. The molecule has 152 valence electrons. The molecule has 0 radical (unpaired) electrons. The van der Waals surface area contributed by atoms with Crippen LogP contribution in [0.1, 0.15) is 24.0 Å². The average molecular weight is 398 g/mol. The van der Waals surface area contributed by atoms with Crippen molar-refractivity contribution in [1.82, 2.24) is 10.6 Å². The summed E-state index contributed by atoms with van der Waals surface area (Å²) in [6.45, 7) is 0.756. The van der Waals surface area contributed by atoms with Gasteiger partial charge in [0, 0.05) is 5.92 Å². The molecule has 8 heteroatoms. The van der Waals surface area contributed by atoms with Gasteiger partial charge in [0.05, 0.1) is 6.10 Å². The summed E-state index contributed by atoms with van der Waals surface area (Å²) in [5, 5.41) is 22.8. The fraction of sp³-hybridized carbons (Fsp3) is 0.286. The van der Waals surface area contributed by atoms with Crippen LogP contribution >= 0.6 is 0 Å². The fourth-order valence-electron chi connectivity index (χ4n) is 3.44. The van der Waals surface area contributed by atoms with Crippen LogP contribution in [-0.4, -0.2) is 53.5 Å². The Bertz CT molecular complexity index is 881. The van der Waals surface area contributed by atoms with Crippen molar-refractivity contribution in [3.8, 4) is 11.1 Å². The third-order valence-electron chi connectivity index (χ3n) is 4.80. The summed E-state index contributed by atoms with van der Waals surface area (Å²) in [5.41, 5.74) is 4.28. The zero-order valence-corrected chi connectivity index (χ0v) is 15.8. The van der Waals surface area contributed by atoms with Crippen LogP contribution in [-0.2, 0) is 14.3 Å². The minimum atomic E-state index is -1.33. The summed E-state index contributed by atoms with van der Waals surface area (Å²) in [4.78, 5) is 34.8. The van der Waals surface area contributed by atoms with E-state index in [-0.39, 0.29) is 12.5 Å². The van der Waals surface area contributed by atoms with E-state index in [9.17, 15) is 19.5 Å². The summed E-state index contributed by atoms with van der Waals surface area (Å²) >= 11 is 0. The molecule has 0 bridgehead atoms. The minimum Gasteiger partial charge on any atom is -0.480 e. The van der Waals surface area contributed by atoms with Gasteiger partial charge in [-0.15, -0.1) is 0 Å². The lowest BCUT2D eigenvalue weighted by atomic mass is 9.98. The molecule has 1 aliphatic rings. The Hall–Kier alpha value is -3.39. The van der Waals surface area contributed by atoms with Crippen LogP contribution in [0.2, 0.25) is 0 Å². The molecule has 0 unspecified atom stereocenters. The molecule has 0 saturated carbocycles. The highest BCUT2D eigenvalue weighted by Gasteiger charge is 2.30. The molecule has 3 rings (SSSR count). The molecule has 0 fully saturated rings. The molecule has 2 aromatic carbocycles. The van der Waals surface area contributed by atoms with Crippen molar-refractivity contribution in [3.63, 3.8) is 0 Å². The van der Waals surface area contributed by atoms with Gasteiger partial charge in [-0.2, -0.15) is 0 Å². The fourth-order valence-corrected chi connectivity index (χ4v) is 3.44. The van der Waals surface area contributed by atoms with Crippen molar-refractivity contribution in [1.29, 1.82) is 0 Å². The van der Waals surface area contributed by atoms with E-state index < -0.39 is 36.7 Å². The van der Waals surface area contributed by atoms with E-state index in [4.69, 9.17) is 9.84 Å². The van der Waals surface area contributed by atoms with Gasteiger partial charge in [0.1, 0.15) is 19.2 Å². The van der Waals surface area contributed by atoms with Crippen LogP contribution in [0, 0.1) is 0 Å². The van der Waals surface area contributed by atoms with Crippen LogP contribution in [0.5, 0.6) is 0 Å². The predicted molar refractivity (Wildman–Crippen MR) is 104 cm³/mol. The Morgan fingerprint density at radius 2 is 1.59 bits per heavy atom. The van der Waals surface area contributed by atoms with E-state index in [1.54, 1.807) is 0 Å². The maximum Gasteiger partial charge on any atom is 0.407 e. The molecule has 2 aromatic rings. The largest absolute Gasteiger partial charge is 0.480 e. The number of carboxylic acids is 1. The Balaban J connectivity index is 1.66. The number of rotatable bonds is 7. The molecule has 2 amide bonds. The molecule has 4 N–H and O–H groups in total. The number of amides is 2. The van der Waals surface area contributed by atoms with Crippen molar-refractivity contribution in [2.24, 2.45) is 0 Å². The van der Waals surface area contributed by atoms with Gasteiger partial charge >= 0.3 is 12.1 Å². The first kappa shape index (κ1) is 20.3. The molecule has 0 heterocycles. The van der Waals surface area contributed by atoms with E-state index >= 15 is 0 Å². The van der Waals surface area contributed by atoms with Crippen molar-refractivity contribution < 1.29 is 29.3 Å². The molecular formula is C21H22N2O6. The van der Waals surface area contributed by atoms with Crippen LogP contribution in [0.4, 0.5) is 4.79 Å². The number of hydrogen-bond donors (Lipinski definition) is 4. The van der Waals surface area contributed by atoms with Gasteiger partial charge in [0.2, 0.25) is 5.91 Å². The monoisotopic (exact) mass is 398 g/mol. The second kappa shape index (κ2) is 8.74. The van der Waals surface area contributed by atoms with Crippen LogP contribution in [0.25, 0.3) is 11.1 Å². The lowest BCUT2D eigenvalue weighted by Crippen LogP contribution is -2.53. The van der Waals surface area contributed by atoms with Crippen molar-refractivity contribution in [2.75, 3.05) is 13.2 Å². The lowest BCUT2D eigenvalue weighted by Gasteiger charge is -2.21. The van der Waals surface area contributed by atoms with Gasteiger partial charge in [-0.25, -0.2) is 4.79 Å². The number of fused-ring (bicyclic) bond motifs is 3. The summed E-state index contributed by atoms with van der Waals surface area (Å²) in [6, 6.07) is 14.4. The standard InChI is InChI=1S/C21H22N2O6/c1-12(24)19(20(27)22-10-18(25)26)23-21(28)29-11-17-15-8-4-2-6-13(15)14-7-3-5-9-16(14)17/h2-9,12,17,19,24H,10-11H2,1H3,(H,22,27)(H,23,28)(H,25,26)/t12-,19+/m1/s1. The number of carbonyl (C=O) groups is 3. The maximum absolute atomic E-state index is 12.2. The van der Waals surface area contributed by atoms with Crippen LogP contribution in [0.3, 0.4) is 0 Å². The number of carbonyl (C=O) groups excluding carboxylic acids is 2. The van der Waals surface area contributed by atoms with Gasteiger partial charge in [-0.05, 0) is 29.2 Å². The highest BCUT2D eigenvalue weighted by Crippen LogP contribution is 2.44. The number of alkyl carbamates (subject to hydrolysis) is 1. The number of aliphatic hydroxyl groups excluding tert-OH is 1. The topological polar surface area (TPSA) is 125 Å². The van der Waals surface area contributed by atoms with Crippen molar-refractivity contribution in [2.45, 2.75) is 25.0 Å². The first-order chi connectivity index (χ1) is 13.9. The van der Waals surface area contributed by atoms with Gasteiger partial charge in [-0.3, -0.25) is 9.59 Å². The van der Waals surface area contributed by atoms with E-state index in [2.05, 4.69) is 10.6 Å². The van der Waals surface area contributed by atoms with E-state index in [1.165, 1.54) is 6.92 Å². The summed E-state index contributed by atoms with van der Waals surface area (Å²) in [6.07, 6.45) is -2.10. The van der Waals surface area contributed by atoms with Gasteiger partial charge in [-0.1, -0.05) is 48.5 Å². The maximum atomic E-state index is 12.2. The molecule has 0 aromatic heterocycles. The molecule has 0 spiro atoms. The number of benzene rings is 2. The first-order valence-electron chi connectivity index (χ1n) is 9.17. The number of aliphatic carboxylic acids is 1. The smallest absolute Gasteiger partial charge is 0.407 e. The quantitative estimate of drug-likeness (QED) is 0.560. The second-order valence-electron chi connectivity index (χ2n) is 6.80. The first-order valence-corrected chi connectivity index (χ1v) is 9.17. The lowest BCUT2D eigenvalue weighted by molar-refractivity contribution is -0.138. The van der Waals surface area contributed by atoms with E-state index in [0.717, 1.165) is 22.3 Å². The molecule has 0 aliphatic heterocycles. The highest BCUT2D eigenvalue weighted by molar-refractivity contribution is 5.88. The molecular weight excluding hydrogens is 376 g/mol. The van der Waals surface area contributed by atoms with Crippen LogP contribution in [0.15, 0.2) is 48.5 Å². The second-order valence-corrected chi connectivity index (χ2v) is 6.80. The van der Waals surface area contributed by atoms with Gasteiger partial charge < -0.3 is 25.6 Å². The molecule has 2 atom stereocenters. The Morgan fingerprint density at radius 1 is 1.03 bits per heavy atom. The van der Waals surface area contributed by atoms with E-state index in [1.807, 2.05) is 48.5 Å².